The van der Waals surface area contributed by atoms with E-state index < -0.39 is 59.3 Å². The molecule has 34 heteroatoms. The average Bonchev–Trinajstić information content (AvgIpc) is 1.56. The van der Waals surface area contributed by atoms with Gasteiger partial charge in [0.25, 0.3) is 5.09 Å². The maximum absolute atomic E-state index is 11.5. The van der Waals surface area contributed by atoms with Gasteiger partial charge in [-0.3, -0.25) is 58.6 Å². The number of aliphatic hydroxyl groups is 1. The van der Waals surface area contributed by atoms with E-state index in [0.29, 0.717) is 89.8 Å². The summed E-state index contributed by atoms with van der Waals surface area (Å²) in [7, 11) is 9.01. The van der Waals surface area contributed by atoms with E-state index >= 15 is 0 Å². The number of hydrogen-bond donors (Lipinski definition) is 15. The van der Waals surface area contributed by atoms with Crippen molar-refractivity contribution in [3.8, 4) is 0 Å². The molecule has 0 radical (unpaired) electrons. The third kappa shape index (κ3) is 101. The molecule has 1 saturated carbocycles. The Bertz CT molecular complexity index is 3490. The fraction of sp³-hybridized carbons (Fsp3) is 0.838. The molecular weight excluding hydrogens is 1780 g/mol. The van der Waals surface area contributed by atoms with Gasteiger partial charge in [0.05, 0.1) is 71.7 Å². The molecule has 0 aromatic carbocycles. The zero-order valence-corrected chi connectivity index (χ0v) is 95.1. The molecule has 1 aliphatic rings. The summed E-state index contributed by atoms with van der Waals surface area (Å²) < 4.78 is 5.14. The number of carbonyl (C=O) groups excluding carboxylic acids is 8. The number of rotatable bonds is 47. The van der Waals surface area contributed by atoms with E-state index in [9.17, 15) is 68.0 Å². The third-order valence-corrected chi connectivity index (χ3v) is 20.5. The molecule has 0 unspecified atom stereocenters. The molecule has 20 N–H and O–H groups in total. The number of ketones is 7. The van der Waals surface area contributed by atoms with E-state index in [1.165, 1.54) is 20.0 Å². The van der Waals surface area contributed by atoms with E-state index in [1.54, 1.807) is 45.9 Å². The molecule has 0 amide bonds. The molecule has 3 rings (SSSR count). The van der Waals surface area contributed by atoms with Crippen molar-refractivity contribution >= 4 is 64.4 Å². The van der Waals surface area contributed by atoms with Gasteiger partial charge in [0.15, 0.2) is 17.3 Å². The van der Waals surface area contributed by atoms with Gasteiger partial charge in [-0.05, 0) is 188 Å². The van der Waals surface area contributed by atoms with Crippen molar-refractivity contribution in [1.82, 2.24) is 41.2 Å². The number of carboxylic acids is 3. The lowest BCUT2D eigenvalue weighted by Crippen LogP contribution is -2.50. The number of methoxy groups -OCH3 is 1. The molecule has 10 atom stereocenters. The second-order valence-corrected chi connectivity index (χ2v) is 45.3. The number of H-pyrrole nitrogens is 2. The molecule has 0 bridgehead atoms. The maximum atomic E-state index is 11.5. The molecule has 2 aromatic heterocycles. The molecule has 0 spiro atoms. The lowest BCUT2D eigenvalue weighted by molar-refractivity contribution is -0.873. The maximum Gasteiger partial charge on any atom is 0.322 e. The van der Waals surface area contributed by atoms with Crippen LogP contribution in [0.25, 0.3) is 0 Å². The molecule has 2 heterocycles. The van der Waals surface area contributed by atoms with Crippen molar-refractivity contribution in [3.63, 3.8) is 0 Å². The van der Waals surface area contributed by atoms with Gasteiger partial charge in [-0.25, -0.2) is 9.97 Å². The van der Waals surface area contributed by atoms with Crippen LogP contribution in [0.15, 0.2) is 25.0 Å². The lowest BCUT2D eigenvalue weighted by Gasteiger charge is -2.29. The van der Waals surface area contributed by atoms with Gasteiger partial charge < -0.3 is 88.5 Å². The first kappa shape index (κ1) is 149. The van der Waals surface area contributed by atoms with Crippen LogP contribution in [-0.2, 0) is 75.2 Å². The minimum Gasteiger partial charge on any atom is -0.480 e. The van der Waals surface area contributed by atoms with Crippen LogP contribution in [0.5, 0.6) is 0 Å². The number of aromatic nitrogens is 4. The molecular formula is C105H212N15O19+. The van der Waals surface area contributed by atoms with Crippen LogP contribution in [0.1, 0.15) is 370 Å². The summed E-state index contributed by atoms with van der Waals surface area (Å²) in [6.07, 6.45) is 22.8. The number of nitrogens with one attached hydrogen (secondary N) is 6. The van der Waals surface area contributed by atoms with E-state index in [0.717, 1.165) is 88.4 Å². The van der Waals surface area contributed by atoms with Gasteiger partial charge in [0.2, 0.25) is 0 Å². The van der Waals surface area contributed by atoms with Gasteiger partial charge >= 0.3 is 23.9 Å². The van der Waals surface area contributed by atoms with Crippen LogP contribution in [0.4, 0.5) is 0 Å². The number of nitrogens with two attached hydrogens (primary N) is 5. The lowest BCUT2D eigenvalue weighted by atomic mass is 9.90. The number of aromatic amines is 2. The fourth-order valence-corrected chi connectivity index (χ4v) is 12.8. The van der Waals surface area contributed by atoms with Gasteiger partial charge in [0.1, 0.15) is 59.9 Å². The van der Waals surface area contributed by atoms with Gasteiger partial charge in [-0.1, -0.05) is 212 Å². The summed E-state index contributed by atoms with van der Waals surface area (Å²) in [5.74, 6) is 2.02. The first-order valence-electron chi connectivity index (χ1n) is 50.5. The number of carbonyl (C=O) groups is 11. The zero-order valence-electron chi connectivity index (χ0n) is 95.1. The van der Waals surface area contributed by atoms with Crippen LogP contribution in [0.3, 0.4) is 0 Å². The second-order valence-electron chi connectivity index (χ2n) is 45.3. The summed E-state index contributed by atoms with van der Waals surface area (Å²) in [5.41, 5.74) is 29.7. The fourth-order valence-electron chi connectivity index (χ4n) is 12.8. The number of ether oxygens (including phenoxy) is 1. The highest BCUT2D eigenvalue weighted by molar-refractivity contribution is 5.87. The molecule has 2 aromatic rings. The van der Waals surface area contributed by atoms with E-state index in [1.807, 2.05) is 187 Å². The summed E-state index contributed by atoms with van der Waals surface area (Å²) in [6, 6.07) is -2.84. The number of imidazole rings is 2. The zero-order chi connectivity index (χ0) is 111. The SMILES string of the molecule is CC(=O)CCC(C)(C)C.CC(=O)[C@H](Cc1cnc[nH]1)NC(C)(C)C.CC(C)C(=O)C1CCCC1.CC(C)C(=O)C[C@@H](O)C[N+](C)(C)C.CC(C)C(=O)[C@@H](N)CCCCN.CC(C)C(=O)[C@@H](N)Cc1cnc[nH]1.CC(C)CCCCO[N+](=O)[O-].CC(C)C[C@H](N)C(=O)C(C)C.CC(C)C[C@H](NC(C)(C)C)C(=O)O.CC[C@H](C)[C@H](NC(C)(C)C)C(=O)O.CN[C@H](C(=O)O)C(C)C.COC(=O)[C@@H](N)CC(C)C. The molecule has 139 heavy (non-hydrogen) atoms. The van der Waals surface area contributed by atoms with Crippen molar-refractivity contribution in [2.45, 2.75) is 442 Å². The van der Waals surface area contributed by atoms with Crippen LogP contribution < -0.4 is 49.9 Å². The van der Waals surface area contributed by atoms with Crippen molar-refractivity contribution in [2.24, 2.45) is 105 Å². The number of aliphatic hydroxyl groups excluding tert-OH is 1. The molecule has 1 aliphatic carbocycles. The number of quaternary nitrogens is 1. The summed E-state index contributed by atoms with van der Waals surface area (Å²) in [5, 5.41) is 57.1. The average molecular weight is 1990 g/mol. The van der Waals surface area contributed by atoms with Gasteiger partial charge in [-0.15, -0.1) is 10.1 Å². The van der Waals surface area contributed by atoms with Crippen LogP contribution in [0.2, 0.25) is 0 Å². The number of likely N-dealkylation sites (N-methyl/N-ethyl adjacent to an activating group) is 2. The Hall–Kier alpha value is -7.25. The number of hydrogen-bond acceptors (Lipinski definition) is 27. The number of unbranched alkanes of at least 4 members (excludes halogenated alkanes) is 2. The highest BCUT2D eigenvalue weighted by Gasteiger charge is 2.30. The Morgan fingerprint density at radius 1 is 0.540 bits per heavy atom. The number of aliphatic carboxylic acids is 3. The smallest absolute Gasteiger partial charge is 0.322 e. The molecule has 0 aliphatic heterocycles. The Kier molecular flexibility index (Phi) is 88.3. The highest BCUT2D eigenvalue weighted by atomic mass is 16.9. The minimum atomic E-state index is -0.785. The summed E-state index contributed by atoms with van der Waals surface area (Å²) in [4.78, 5) is 149. The predicted molar refractivity (Wildman–Crippen MR) is 566 cm³/mol. The topological polar surface area (TPSA) is 566 Å². The number of esters is 1. The Morgan fingerprint density at radius 3 is 1.24 bits per heavy atom. The molecule has 0 saturated heterocycles. The number of Topliss-reactive ketones (excluding diaryl/α,β-unsaturated/α-hetero) is 7. The normalized spacial score (nSPS) is 14.2. The van der Waals surface area contributed by atoms with Crippen molar-refractivity contribution < 1.29 is 92.3 Å². The van der Waals surface area contributed by atoms with Crippen LogP contribution in [0, 0.1) is 86.5 Å². The molecule has 1 fully saturated rings. The highest BCUT2D eigenvalue weighted by Crippen LogP contribution is 2.28. The van der Waals surface area contributed by atoms with Gasteiger partial charge in [0, 0.05) is 102 Å². The monoisotopic (exact) mass is 1990 g/mol. The minimum absolute atomic E-state index is 0.00192. The first-order chi connectivity index (χ1) is 63.2. The van der Waals surface area contributed by atoms with E-state index in [4.69, 9.17) is 44.0 Å². The van der Waals surface area contributed by atoms with Crippen molar-refractivity contribution in [2.75, 3.05) is 55.0 Å². The Morgan fingerprint density at radius 2 is 0.950 bits per heavy atom. The standard InChI is InChI=1S/C11H19N3O.C10H22NO2.2C10H21NO2.C9H15N3O.C9H20N2O.C9H19NO.C9H16O.C8H16O.C7H15NO3.C7H15NO2.C6H13NO2/c1-8(15)10(14-11(2,3)4)5-9-6-12-7-13-9;1-8(2)10(13)6-9(12)7-11(3,4)5;1-7(2)6-8(9(12)13)11-10(3,4)5;1-6-7(2)8(9(12)13)11-10(3,4)5;1-6(2)9(13)8(10)3-7-4-11-5-12-7;1-7(2)9(12)8(11)5-3-4-6-10;1-6(2)5-8(10)9(11)7(3)4;1-7(2)9(10)8-5-3-4-6-8;1-7(9)5-6-8(2,3)4;1-7(2)5-3-4-6-11-8(9)10;1-5(2)4-6(8)7(9)10-3;1-4(2)5(7-3)6(8)9/h6-7,10,14H,5H2,1-4H3,(H,12,13);8-9,12H,6-7H2,1-5H3;2*7-8,11H,6H2,1-5H3,(H,12,13);4-6,8H,3,10H2,1-2H3,(H,11,12);7-8H,3-6,10-11H2,1-2H3;6-8H,5,10H2,1-4H3;7-8H,3-6H2,1-2H3;5-6H2,1-4H3;7H,3-6H2,1-2H3;5-6H,4,8H2,1-3H3;4-5,7H,1-3H3,(H,8,9)/q;+1;;;;;;;;;;/t10-;9-;8-;7-,8-;3*8-;;;;6-;5-/m0100000...00/s1. The van der Waals surface area contributed by atoms with E-state index in [2.05, 4.69) is 120 Å². The molecule has 820 valence electrons. The van der Waals surface area contributed by atoms with Crippen molar-refractivity contribution in [1.29, 1.82) is 0 Å². The largest absolute Gasteiger partial charge is 0.480 e. The quantitative estimate of drug-likeness (QED) is 0.00962. The van der Waals surface area contributed by atoms with Gasteiger partial charge in [-0.2, -0.15) is 0 Å². The number of carboxylic acid groups (broad SMARTS) is 3. The molecule has 34 nitrogen and oxygen atoms in total. The predicted octanol–water partition coefficient (Wildman–Crippen LogP) is 16.1. The van der Waals surface area contributed by atoms with Crippen LogP contribution >= 0.6 is 0 Å². The van der Waals surface area contributed by atoms with E-state index in [-0.39, 0.29) is 124 Å². The summed E-state index contributed by atoms with van der Waals surface area (Å²) in [6.45, 7) is 72.4. The van der Waals surface area contributed by atoms with Crippen molar-refractivity contribution in [3.05, 3.63) is 46.6 Å². The third-order valence-electron chi connectivity index (χ3n) is 20.5. The number of nitrogens with zero attached hydrogens (tertiary/aromatic N) is 4. The summed E-state index contributed by atoms with van der Waals surface area (Å²) >= 11 is 0. The second kappa shape index (κ2) is 82.1. The van der Waals surface area contributed by atoms with Crippen LogP contribution in [-0.4, -0.2) is 240 Å². The first-order valence-corrected chi connectivity index (χ1v) is 50.5. The Labute approximate surface area is 842 Å². The Balaban J connectivity index is -0.000000190.